The zero-order chi connectivity index (χ0) is 15.4. The number of hydrogen-bond donors (Lipinski definition) is 2. The van der Waals surface area contributed by atoms with Crippen LogP contribution in [0.25, 0.3) is 0 Å². The van der Waals surface area contributed by atoms with Gasteiger partial charge in [0.1, 0.15) is 6.61 Å². The SMILES string of the molecule is Nc1cc(C(=O)N2CCC(OCC(=O)O)CC2)ccc1Br. The van der Waals surface area contributed by atoms with Crippen molar-refractivity contribution < 1.29 is 19.4 Å². The molecule has 1 heterocycles. The largest absolute Gasteiger partial charge is 0.480 e. The van der Waals surface area contributed by atoms with Crippen LogP contribution in [-0.4, -0.2) is 47.7 Å². The van der Waals surface area contributed by atoms with E-state index in [4.69, 9.17) is 15.6 Å². The third-order valence-electron chi connectivity index (χ3n) is 3.41. The summed E-state index contributed by atoms with van der Waals surface area (Å²) < 4.78 is 6.01. The molecule has 6 nitrogen and oxygen atoms in total. The molecule has 1 fully saturated rings. The molecule has 2 rings (SSSR count). The van der Waals surface area contributed by atoms with Crippen LogP contribution >= 0.6 is 15.9 Å². The lowest BCUT2D eigenvalue weighted by molar-refractivity contribution is -0.145. The average molecular weight is 357 g/mol. The first kappa shape index (κ1) is 15.8. The van der Waals surface area contributed by atoms with Crippen LogP contribution in [0.15, 0.2) is 22.7 Å². The van der Waals surface area contributed by atoms with Gasteiger partial charge in [0.05, 0.1) is 6.10 Å². The molecular formula is C14H17BrN2O4. The quantitative estimate of drug-likeness (QED) is 0.801. The molecule has 1 aromatic rings. The van der Waals surface area contributed by atoms with E-state index in [0.717, 1.165) is 4.47 Å². The minimum absolute atomic E-state index is 0.0640. The van der Waals surface area contributed by atoms with Gasteiger partial charge in [0.2, 0.25) is 0 Å². The highest BCUT2D eigenvalue weighted by molar-refractivity contribution is 9.10. The van der Waals surface area contributed by atoms with Crippen LogP contribution in [-0.2, 0) is 9.53 Å². The predicted octanol–water partition coefficient (Wildman–Crippen LogP) is 1.74. The van der Waals surface area contributed by atoms with Crippen LogP contribution in [0.3, 0.4) is 0 Å². The fourth-order valence-corrected chi connectivity index (χ4v) is 2.52. The van der Waals surface area contributed by atoms with Gasteiger partial charge in [-0.3, -0.25) is 4.79 Å². The van der Waals surface area contributed by atoms with Gasteiger partial charge in [-0.1, -0.05) is 0 Å². The lowest BCUT2D eigenvalue weighted by Crippen LogP contribution is -2.41. The number of nitrogen functional groups attached to an aromatic ring is 1. The number of aliphatic carboxylic acids is 1. The van der Waals surface area contributed by atoms with E-state index in [-0.39, 0.29) is 18.6 Å². The van der Waals surface area contributed by atoms with Gasteiger partial charge in [-0.05, 0) is 47.0 Å². The number of halogens is 1. The maximum absolute atomic E-state index is 12.4. The molecule has 1 aliphatic heterocycles. The minimum Gasteiger partial charge on any atom is -0.480 e. The number of carboxylic acids is 1. The first-order valence-corrected chi connectivity index (χ1v) is 7.44. The van der Waals surface area contributed by atoms with Gasteiger partial charge in [0.15, 0.2) is 0 Å². The zero-order valence-electron chi connectivity index (χ0n) is 11.4. The van der Waals surface area contributed by atoms with Gasteiger partial charge in [-0.15, -0.1) is 0 Å². The molecule has 0 radical (unpaired) electrons. The van der Waals surface area contributed by atoms with E-state index in [0.29, 0.717) is 37.2 Å². The first-order chi connectivity index (χ1) is 9.97. The number of carboxylic acid groups (broad SMARTS) is 1. The van der Waals surface area contributed by atoms with Crippen molar-refractivity contribution in [1.29, 1.82) is 0 Å². The van der Waals surface area contributed by atoms with Crippen LogP contribution in [0, 0.1) is 0 Å². The van der Waals surface area contributed by atoms with Crippen molar-refractivity contribution in [3.05, 3.63) is 28.2 Å². The summed E-state index contributed by atoms with van der Waals surface area (Å²) in [4.78, 5) is 24.5. The maximum Gasteiger partial charge on any atom is 0.329 e. The molecule has 3 N–H and O–H groups in total. The number of benzene rings is 1. The molecular weight excluding hydrogens is 340 g/mol. The standard InChI is InChI=1S/C14H17BrN2O4/c15-11-2-1-9(7-12(11)16)14(20)17-5-3-10(4-6-17)21-8-13(18)19/h1-2,7,10H,3-6,8,16H2,(H,18,19). The molecule has 7 heteroatoms. The Morgan fingerprint density at radius 1 is 1.38 bits per heavy atom. The fraction of sp³-hybridized carbons (Fsp3) is 0.429. The third kappa shape index (κ3) is 4.18. The second kappa shape index (κ2) is 6.91. The molecule has 0 saturated carbocycles. The fourth-order valence-electron chi connectivity index (χ4n) is 2.27. The van der Waals surface area contributed by atoms with Crippen molar-refractivity contribution in [3.8, 4) is 0 Å². The molecule has 21 heavy (non-hydrogen) atoms. The van der Waals surface area contributed by atoms with Gasteiger partial charge in [-0.25, -0.2) is 4.79 Å². The van der Waals surface area contributed by atoms with E-state index in [9.17, 15) is 9.59 Å². The van der Waals surface area contributed by atoms with Gasteiger partial charge >= 0.3 is 5.97 Å². The lowest BCUT2D eigenvalue weighted by Gasteiger charge is -2.31. The molecule has 0 spiro atoms. The minimum atomic E-state index is -0.973. The first-order valence-electron chi connectivity index (χ1n) is 6.65. The number of piperidine rings is 1. The van der Waals surface area contributed by atoms with Crippen molar-refractivity contribution in [3.63, 3.8) is 0 Å². The van der Waals surface area contributed by atoms with Gasteiger partial charge in [0, 0.05) is 28.8 Å². The van der Waals surface area contributed by atoms with Crippen molar-refractivity contribution >= 4 is 33.5 Å². The van der Waals surface area contributed by atoms with E-state index in [1.165, 1.54) is 0 Å². The number of carbonyl (C=O) groups is 2. The summed E-state index contributed by atoms with van der Waals surface area (Å²) in [5, 5.41) is 8.58. The summed E-state index contributed by atoms with van der Waals surface area (Å²) in [6.07, 6.45) is 1.19. The summed E-state index contributed by atoms with van der Waals surface area (Å²) in [6.45, 7) is 0.819. The molecule has 0 atom stereocenters. The molecule has 1 aromatic carbocycles. The van der Waals surface area contributed by atoms with Crippen molar-refractivity contribution in [2.45, 2.75) is 18.9 Å². The zero-order valence-corrected chi connectivity index (χ0v) is 13.0. The lowest BCUT2D eigenvalue weighted by atomic mass is 10.1. The number of carbonyl (C=O) groups excluding carboxylic acids is 1. The summed E-state index contributed by atoms with van der Waals surface area (Å²) in [6, 6.07) is 5.14. The molecule has 114 valence electrons. The van der Waals surface area contributed by atoms with Crippen molar-refractivity contribution in [2.75, 3.05) is 25.4 Å². The molecule has 1 saturated heterocycles. The topological polar surface area (TPSA) is 92.9 Å². The van der Waals surface area contributed by atoms with E-state index < -0.39 is 5.97 Å². The summed E-state index contributed by atoms with van der Waals surface area (Å²) in [5.74, 6) is -1.04. The van der Waals surface area contributed by atoms with E-state index in [1.54, 1.807) is 23.1 Å². The Kier molecular flexibility index (Phi) is 5.19. The van der Waals surface area contributed by atoms with Crippen LogP contribution in [0.2, 0.25) is 0 Å². The number of hydrogen-bond acceptors (Lipinski definition) is 4. The highest BCUT2D eigenvalue weighted by Crippen LogP contribution is 2.22. The second-order valence-corrected chi connectivity index (χ2v) is 5.79. The monoisotopic (exact) mass is 356 g/mol. The average Bonchev–Trinajstić information content (AvgIpc) is 2.48. The van der Waals surface area contributed by atoms with Crippen LogP contribution in [0.4, 0.5) is 5.69 Å². The molecule has 0 aliphatic carbocycles. The number of anilines is 1. The number of amides is 1. The predicted molar refractivity (Wildman–Crippen MR) is 81.1 cm³/mol. The smallest absolute Gasteiger partial charge is 0.329 e. The highest BCUT2D eigenvalue weighted by atomic mass is 79.9. The second-order valence-electron chi connectivity index (χ2n) is 4.93. The van der Waals surface area contributed by atoms with Crippen molar-refractivity contribution in [2.24, 2.45) is 0 Å². The van der Waals surface area contributed by atoms with E-state index >= 15 is 0 Å². The number of ether oxygens (including phenoxy) is 1. The Morgan fingerprint density at radius 2 is 2.05 bits per heavy atom. The summed E-state index contributed by atoms with van der Waals surface area (Å²) >= 11 is 3.30. The van der Waals surface area contributed by atoms with Gasteiger partial charge in [-0.2, -0.15) is 0 Å². The number of likely N-dealkylation sites (tertiary alicyclic amines) is 1. The molecule has 0 unspecified atom stereocenters. The van der Waals surface area contributed by atoms with Gasteiger partial charge in [0.25, 0.3) is 5.91 Å². The van der Waals surface area contributed by atoms with Gasteiger partial charge < -0.3 is 20.5 Å². The Bertz CT molecular complexity index is 542. The van der Waals surface area contributed by atoms with Crippen LogP contribution in [0.1, 0.15) is 23.2 Å². The third-order valence-corrected chi connectivity index (χ3v) is 4.14. The molecule has 1 aliphatic rings. The Balaban J connectivity index is 1.90. The maximum atomic E-state index is 12.4. The van der Waals surface area contributed by atoms with Crippen molar-refractivity contribution in [1.82, 2.24) is 4.90 Å². The van der Waals surface area contributed by atoms with E-state index in [2.05, 4.69) is 15.9 Å². The highest BCUT2D eigenvalue weighted by Gasteiger charge is 2.24. The van der Waals surface area contributed by atoms with E-state index in [1.807, 2.05) is 0 Å². The molecule has 0 bridgehead atoms. The normalized spacial score (nSPS) is 16.0. The molecule has 1 amide bonds. The molecule has 0 aromatic heterocycles. The number of rotatable bonds is 4. The Labute approximate surface area is 131 Å². The van der Waals surface area contributed by atoms with Crippen LogP contribution < -0.4 is 5.73 Å². The number of nitrogens with zero attached hydrogens (tertiary/aromatic N) is 1. The summed E-state index contributed by atoms with van der Waals surface area (Å²) in [5.41, 5.74) is 6.87. The number of nitrogens with two attached hydrogens (primary N) is 1. The van der Waals surface area contributed by atoms with Crippen LogP contribution in [0.5, 0.6) is 0 Å². The Hall–Kier alpha value is -1.60. The Morgan fingerprint density at radius 3 is 2.62 bits per heavy atom. The summed E-state index contributed by atoms with van der Waals surface area (Å²) in [7, 11) is 0.